The van der Waals surface area contributed by atoms with Gasteiger partial charge < -0.3 is 4.90 Å². The van der Waals surface area contributed by atoms with Gasteiger partial charge in [0.25, 0.3) is 0 Å². The van der Waals surface area contributed by atoms with Gasteiger partial charge in [0, 0.05) is 24.7 Å². The number of likely N-dealkylation sites (tertiary alicyclic amines) is 1. The minimum Gasteiger partial charge on any atom is -0.331 e. The fourth-order valence-electron chi connectivity index (χ4n) is 5.35. The highest BCUT2D eigenvalue weighted by molar-refractivity contribution is 7.90. The molecule has 0 unspecified atom stereocenters. The molecule has 1 heterocycles. The first-order valence-corrected chi connectivity index (χ1v) is 13.6. The number of piperidine rings is 1. The Morgan fingerprint density at radius 3 is 2.41 bits per heavy atom. The van der Waals surface area contributed by atoms with Crippen LogP contribution in [0.4, 0.5) is 0 Å². The van der Waals surface area contributed by atoms with E-state index in [1.165, 1.54) is 4.31 Å². The summed E-state index contributed by atoms with van der Waals surface area (Å²) in [5.41, 5.74) is 0.551. The zero-order chi connectivity index (χ0) is 23.7. The fraction of sp³-hybridized carbons (Fsp3) is 0.640. The molecular formula is C25H37ClN2O3S. The fourth-order valence-corrected chi connectivity index (χ4v) is 7.10. The number of benzene rings is 1. The predicted octanol–water partition coefficient (Wildman–Crippen LogP) is 5.42. The second-order valence-corrected chi connectivity index (χ2v) is 12.4. The van der Waals surface area contributed by atoms with Crippen LogP contribution in [0, 0.1) is 11.3 Å². The maximum atomic E-state index is 14.1. The number of allylic oxidation sites excluding steroid dienone is 1. The molecular weight excluding hydrogens is 444 g/mol. The van der Waals surface area contributed by atoms with Crippen molar-refractivity contribution in [1.29, 1.82) is 0 Å². The summed E-state index contributed by atoms with van der Waals surface area (Å²) in [7, 11) is -1.66. The Hall–Kier alpha value is -1.37. The van der Waals surface area contributed by atoms with Gasteiger partial charge in [-0.15, -0.1) is 6.58 Å². The third-order valence-corrected chi connectivity index (χ3v) is 9.96. The lowest BCUT2D eigenvalue weighted by Crippen LogP contribution is -2.58. The molecule has 1 aliphatic heterocycles. The molecule has 0 bridgehead atoms. The van der Waals surface area contributed by atoms with Crippen molar-refractivity contribution < 1.29 is 13.2 Å². The molecule has 1 saturated heterocycles. The molecule has 0 spiro atoms. The molecule has 1 aliphatic carbocycles. The molecule has 0 aromatic heterocycles. The van der Waals surface area contributed by atoms with Crippen molar-refractivity contribution in [3.05, 3.63) is 47.5 Å². The summed E-state index contributed by atoms with van der Waals surface area (Å²) < 4.78 is 27.2. The first kappa shape index (κ1) is 25.3. The lowest BCUT2D eigenvalue weighted by atomic mass is 9.67. The average molecular weight is 481 g/mol. The number of carbonyl (C=O) groups is 1. The maximum absolute atomic E-state index is 14.1. The van der Waals surface area contributed by atoms with Crippen molar-refractivity contribution in [3.63, 3.8) is 0 Å². The average Bonchev–Trinajstić information content (AvgIpc) is 3.61. The number of nitrogens with zero attached hydrogens (tertiary/aromatic N) is 2. The Kier molecular flexibility index (Phi) is 7.78. The van der Waals surface area contributed by atoms with Crippen LogP contribution in [-0.4, -0.2) is 48.4 Å². The highest BCUT2D eigenvalue weighted by atomic mass is 35.5. The third-order valence-electron chi connectivity index (χ3n) is 7.38. The third kappa shape index (κ3) is 4.78. The minimum atomic E-state index is -3.31. The van der Waals surface area contributed by atoms with Gasteiger partial charge in [0.05, 0.1) is 16.7 Å². The first-order valence-electron chi connectivity index (χ1n) is 11.8. The smallest absolute Gasteiger partial charge is 0.229 e. The number of likely N-dealkylation sites (N-methyl/N-ethyl adjacent to an activating group) is 1. The predicted molar refractivity (Wildman–Crippen MR) is 131 cm³/mol. The van der Waals surface area contributed by atoms with E-state index in [0.717, 1.165) is 31.2 Å². The van der Waals surface area contributed by atoms with Crippen LogP contribution < -0.4 is 0 Å². The van der Waals surface area contributed by atoms with Crippen LogP contribution in [0.3, 0.4) is 0 Å². The Labute approximate surface area is 198 Å². The second-order valence-electron chi connectivity index (χ2n) is 9.60. The lowest BCUT2D eigenvalue weighted by molar-refractivity contribution is -0.158. The lowest BCUT2D eigenvalue weighted by Gasteiger charge is -2.52. The first-order chi connectivity index (χ1) is 15.1. The number of carbonyl (C=O) groups excluding carboxylic acids is 1. The summed E-state index contributed by atoms with van der Waals surface area (Å²) in [6.45, 7) is 10.5. The molecule has 0 N–H and O–H groups in total. The Morgan fingerprint density at radius 1 is 1.28 bits per heavy atom. The van der Waals surface area contributed by atoms with Gasteiger partial charge in [-0.1, -0.05) is 50.6 Å². The van der Waals surface area contributed by atoms with Crippen LogP contribution in [0.1, 0.15) is 70.9 Å². The molecule has 0 radical (unpaired) electrons. The highest BCUT2D eigenvalue weighted by Gasteiger charge is 2.51. The van der Waals surface area contributed by atoms with Gasteiger partial charge in [-0.3, -0.25) is 4.79 Å². The van der Waals surface area contributed by atoms with Gasteiger partial charge in [-0.2, -0.15) is 0 Å². The van der Waals surface area contributed by atoms with Gasteiger partial charge in [-0.05, 0) is 62.1 Å². The van der Waals surface area contributed by atoms with E-state index in [4.69, 9.17) is 11.6 Å². The molecule has 2 aliphatic rings. The van der Waals surface area contributed by atoms with Gasteiger partial charge >= 0.3 is 0 Å². The van der Waals surface area contributed by atoms with E-state index in [9.17, 15) is 13.2 Å². The standard InChI is InChI=1S/C25H37ClN2O3S/c1-6-15-25(8-3)16-18(4)23(19-9-11-20(26)12-10-19)28(24(25)29)21(7-2)17-27(5)32(30,31)22-13-14-22/h6,9-12,18,21-23H,1,7-8,13-17H2,2-5H3/t18-,21-,23-,25-/m0/s1. The summed E-state index contributed by atoms with van der Waals surface area (Å²) in [5.74, 6) is 0.329. The van der Waals surface area contributed by atoms with Gasteiger partial charge in [-0.25, -0.2) is 12.7 Å². The van der Waals surface area contributed by atoms with Crippen molar-refractivity contribution >= 4 is 27.5 Å². The molecule has 1 aromatic carbocycles. The van der Waals surface area contributed by atoms with E-state index < -0.39 is 15.4 Å². The summed E-state index contributed by atoms with van der Waals surface area (Å²) >= 11 is 6.14. The number of halogens is 1. The molecule has 5 nitrogen and oxygen atoms in total. The van der Waals surface area contributed by atoms with E-state index in [1.54, 1.807) is 7.05 Å². The van der Waals surface area contributed by atoms with E-state index in [1.807, 2.05) is 42.2 Å². The van der Waals surface area contributed by atoms with E-state index in [0.29, 0.717) is 24.4 Å². The molecule has 2 fully saturated rings. The largest absolute Gasteiger partial charge is 0.331 e. The van der Waals surface area contributed by atoms with Crippen molar-refractivity contribution in [2.45, 2.75) is 76.6 Å². The molecule has 1 amide bonds. The van der Waals surface area contributed by atoms with Crippen LogP contribution in [0.2, 0.25) is 5.02 Å². The van der Waals surface area contributed by atoms with Crippen LogP contribution >= 0.6 is 11.6 Å². The molecule has 32 heavy (non-hydrogen) atoms. The number of hydrogen-bond acceptors (Lipinski definition) is 3. The van der Waals surface area contributed by atoms with Crippen molar-refractivity contribution in [3.8, 4) is 0 Å². The monoisotopic (exact) mass is 480 g/mol. The van der Waals surface area contributed by atoms with Crippen molar-refractivity contribution in [1.82, 2.24) is 9.21 Å². The number of hydrogen-bond donors (Lipinski definition) is 0. The number of sulfonamides is 1. The normalized spacial score (nSPS) is 27.6. The highest BCUT2D eigenvalue weighted by Crippen LogP contribution is 2.49. The quantitative estimate of drug-likeness (QED) is 0.420. The van der Waals surface area contributed by atoms with Gasteiger partial charge in [0.2, 0.25) is 15.9 Å². The maximum Gasteiger partial charge on any atom is 0.229 e. The van der Waals surface area contributed by atoms with Crippen LogP contribution in [0.15, 0.2) is 36.9 Å². The Balaban J connectivity index is 2.03. The summed E-state index contributed by atoms with van der Waals surface area (Å²) in [4.78, 5) is 16.1. The Morgan fingerprint density at radius 2 is 1.91 bits per heavy atom. The zero-order valence-electron chi connectivity index (χ0n) is 19.8. The van der Waals surface area contributed by atoms with Crippen LogP contribution in [-0.2, 0) is 14.8 Å². The van der Waals surface area contributed by atoms with E-state index >= 15 is 0 Å². The van der Waals surface area contributed by atoms with Crippen molar-refractivity contribution in [2.24, 2.45) is 11.3 Å². The van der Waals surface area contributed by atoms with Gasteiger partial charge in [0.1, 0.15) is 0 Å². The van der Waals surface area contributed by atoms with Crippen molar-refractivity contribution in [2.75, 3.05) is 13.6 Å². The SMILES string of the molecule is C=CC[C@@]1(CC)C[C@H](C)[C@@H](c2ccc(Cl)cc2)N([C@@H](CC)CN(C)S(=O)(=O)C2CC2)C1=O. The molecule has 3 rings (SSSR count). The van der Waals surface area contributed by atoms with Gasteiger partial charge in [0.15, 0.2) is 0 Å². The summed E-state index contributed by atoms with van der Waals surface area (Å²) in [5, 5.41) is 0.399. The molecule has 7 heteroatoms. The summed E-state index contributed by atoms with van der Waals surface area (Å²) in [6, 6.07) is 7.39. The zero-order valence-corrected chi connectivity index (χ0v) is 21.3. The van der Waals surface area contributed by atoms with E-state index in [2.05, 4.69) is 20.4 Å². The minimum absolute atomic E-state index is 0.113. The summed E-state index contributed by atoms with van der Waals surface area (Å²) in [6.07, 6.45) is 6.14. The number of rotatable bonds is 10. The molecule has 178 valence electrons. The second kappa shape index (κ2) is 9.86. The van der Waals surface area contributed by atoms with Crippen LogP contribution in [0.5, 0.6) is 0 Å². The topological polar surface area (TPSA) is 57.7 Å². The number of amides is 1. The molecule has 1 saturated carbocycles. The Bertz CT molecular complexity index is 929. The van der Waals surface area contributed by atoms with E-state index in [-0.39, 0.29) is 29.2 Å². The molecule has 1 aromatic rings. The molecule has 4 atom stereocenters. The van der Waals surface area contributed by atoms with Crippen LogP contribution in [0.25, 0.3) is 0 Å².